The summed E-state index contributed by atoms with van der Waals surface area (Å²) in [6.07, 6.45) is 36.8. The smallest absolute Gasteiger partial charge is 0.234 e. The third kappa shape index (κ3) is 14.8. The van der Waals surface area contributed by atoms with E-state index < -0.39 is 0 Å². The Morgan fingerprint density at radius 1 is 0.514 bits per heavy atom. The van der Waals surface area contributed by atoms with E-state index in [9.17, 15) is 0 Å². The molecule has 0 saturated heterocycles. The van der Waals surface area contributed by atoms with Gasteiger partial charge in [-0.15, -0.1) is 0 Å². The molecule has 0 amide bonds. The summed E-state index contributed by atoms with van der Waals surface area (Å²) >= 11 is 0. The molecule has 0 radical (unpaired) electrons. The van der Waals surface area contributed by atoms with Crippen molar-refractivity contribution in [3.63, 3.8) is 0 Å². The van der Waals surface area contributed by atoms with E-state index in [-0.39, 0.29) is 0 Å². The van der Waals surface area contributed by atoms with Crippen molar-refractivity contribution in [2.45, 2.75) is 168 Å². The molecule has 210 valence electrons. The summed E-state index contributed by atoms with van der Waals surface area (Å²) in [5.41, 5.74) is 1.30. The first-order valence-electron chi connectivity index (χ1n) is 16.5. The first-order valence-corrected chi connectivity index (χ1v) is 16.5. The van der Waals surface area contributed by atoms with Crippen LogP contribution in [0.4, 0.5) is 0 Å². The van der Waals surface area contributed by atoms with Gasteiger partial charge in [0.15, 0.2) is 0 Å². The van der Waals surface area contributed by atoms with Crippen LogP contribution in [-0.2, 0) is 13.0 Å². The molecule has 2 heteroatoms. The highest BCUT2D eigenvalue weighted by Crippen LogP contribution is 2.16. The number of hydrogen-bond donors (Lipinski definition) is 0. The fourth-order valence-corrected chi connectivity index (χ4v) is 5.64. The van der Waals surface area contributed by atoms with Crippen molar-refractivity contribution in [2.24, 2.45) is 0 Å². The maximum atomic E-state index is 2.55. The molecule has 2 aromatic rings. The van der Waals surface area contributed by atoms with Gasteiger partial charge in [0, 0.05) is 6.42 Å². The first-order chi connectivity index (χ1) is 18.4. The van der Waals surface area contributed by atoms with E-state index in [0.29, 0.717) is 0 Å². The highest BCUT2D eigenvalue weighted by molar-refractivity contribution is 5.31. The van der Waals surface area contributed by atoms with Gasteiger partial charge in [0.1, 0.15) is 18.1 Å². The molecule has 1 aromatic heterocycles. The summed E-state index contributed by atoms with van der Waals surface area (Å²) in [6, 6.07) is 10.9. The average molecular weight is 510 g/mol. The molecular weight excluding hydrogens is 448 g/mol. The number of nitrogens with zero attached hydrogens (tertiary/aromatic N) is 2. The quantitative estimate of drug-likeness (QED) is 0.0929. The highest BCUT2D eigenvalue weighted by atomic mass is 15.1. The molecule has 1 heterocycles. The number of rotatable bonds is 25. The Balaban J connectivity index is 1.65. The van der Waals surface area contributed by atoms with Gasteiger partial charge in [-0.2, -0.15) is 4.57 Å². The third-order valence-electron chi connectivity index (χ3n) is 8.05. The van der Waals surface area contributed by atoms with Gasteiger partial charge >= 0.3 is 0 Å². The van der Waals surface area contributed by atoms with Crippen molar-refractivity contribution in [3.8, 4) is 5.69 Å². The normalized spacial score (nSPS) is 11.4. The van der Waals surface area contributed by atoms with Gasteiger partial charge in [-0.25, -0.2) is 4.57 Å². The van der Waals surface area contributed by atoms with E-state index in [2.05, 4.69) is 65.7 Å². The standard InChI is InChI=1S/C35H61N2/c1-3-5-7-9-11-13-14-15-16-17-19-21-26-30-35-36(31-27-22-20-18-12-10-8-6-4-2)32-33-37(35)34-28-24-23-25-29-34/h23-25,28-29,32-33H,3-22,26-27,30-31H2,1-2H3/q+1. The topological polar surface area (TPSA) is 8.81 Å². The molecule has 0 spiro atoms. The number of unbranched alkanes of at least 4 members (excludes halogenated alkanes) is 20. The minimum atomic E-state index is 1.17. The second-order valence-electron chi connectivity index (χ2n) is 11.4. The maximum Gasteiger partial charge on any atom is 0.261 e. The Hall–Kier alpha value is -1.57. The van der Waals surface area contributed by atoms with Crippen LogP contribution in [0.15, 0.2) is 42.7 Å². The van der Waals surface area contributed by atoms with Crippen LogP contribution in [0.5, 0.6) is 0 Å². The van der Waals surface area contributed by atoms with Crippen LogP contribution in [0.3, 0.4) is 0 Å². The molecule has 0 unspecified atom stereocenters. The summed E-state index contributed by atoms with van der Waals surface area (Å²) in [4.78, 5) is 0. The molecule has 0 aliphatic rings. The lowest BCUT2D eigenvalue weighted by atomic mass is 10.0. The van der Waals surface area contributed by atoms with Gasteiger partial charge in [-0.1, -0.05) is 154 Å². The van der Waals surface area contributed by atoms with Gasteiger partial charge in [-0.05, 0) is 31.4 Å². The van der Waals surface area contributed by atoms with Crippen LogP contribution in [0.25, 0.3) is 5.69 Å². The van der Waals surface area contributed by atoms with Crippen LogP contribution in [0.2, 0.25) is 0 Å². The molecule has 0 saturated carbocycles. The average Bonchev–Trinajstić information content (AvgIpc) is 3.33. The van der Waals surface area contributed by atoms with Crippen LogP contribution >= 0.6 is 0 Å². The Morgan fingerprint density at radius 2 is 0.946 bits per heavy atom. The van der Waals surface area contributed by atoms with Crippen LogP contribution < -0.4 is 4.57 Å². The van der Waals surface area contributed by atoms with Crippen molar-refractivity contribution < 1.29 is 4.57 Å². The second-order valence-corrected chi connectivity index (χ2v) is 11.4. The van der Waals surface area contributed by atoms with Crippen molar-refractivity contribution in [1.29, 1.82) is 0 Å². The zero-order valence-corrected chi connectivity index (χ0v) is 24.9. The first kappa shape index (κ1) is 31.6. The largest absolute Gasteiger partial charge is 0.261 e. The number of aromatic nitrogens is 2. The zero-order chi connectivity index (χ0) is 26.2. The molecule has 0 aliphatic carbocycles. The van der Waals surface area contributed by atoms with E-state index in [0.717, 1.165) is 0 Å². The lowest BCUT2D eigenvalue weighted by molar-refractivity contribution is -0.704. The van der Waals surface area contributed by atoms with Crippen molar-refractivity contribution >= 4 is 0 Å². The fraction of sp³-hybridized carbons (Fsp3) is 0.743. The number of imidazole rings is 1. The van der Waals surface area contributed by atoms with Crippen LogP contribution in [0, 0.1) is 0 Å². The SMILES string of the molecule is CCCCCCCCCCCCCCCc1n(-c2ccccc2)cc[n+]1CCCCCCCCCCC. The molecule has 2 nitrogen and oxygen atoms in total. The van der Waals surface area contributed by atoms with Crippen LogP contribution in [0.1, 0.15) is 161 Å². The predicted molar refractivity (Wildman–Crippen MR) is 163 cm³/mol. The van der Waals surface area contributed by atoms with Crippen molar-refractivity contribution in [1.82, 2.24) is 4.57 Å². The van der Waals surface area contributed by atoms with E-state index >= 15 is 0 Å². The second kappa shape index (κ2) is 22.4. The van der Waals surface area contributed by atoms with Crippen LogP contribution in [-0.4, -0.2) is 4.57 Å². The molecule has 0 bridgehead atoms. The van der Waals surface area contributed by atoms with Crippen molar-refractivity contribution in [2.75, 3.05) is 0 Å². The fourth-order valence-electron chi connectivity index (χ4n) is 5.64. The minimum absolute atomic E-state index is 1.17. The van der Waals surface area contributed by atoms with Crippen molar-refractivity contribution in [3.05, 3.63) is 48.5 Å². The lowest BCUT2D eigenvalue weighted by Crippen LogP contribution is -2.37. The molecule has 0 atom stereocenters. The minimum Gasteiger partial charge on any atom is -0.234 e. The number of hydrogen-bond acceptors (Lipinski definition) is 0. The molecule has 0 aliphatic heterocycles. The number of aryl methyl sites for hydroxylation is 1. The monoisotopic (exact) mass is 509 g/mol. The Kier molecular flexibility index (Phi) is 19.2. The Morgan fingerprint density at radius 3 is 1.43 bits per heavy atom. The van der Waals surface area contributed by atoms with Gasteiger partial charge in [0.05, 0.1) is 6.54 Å². The third-order valence-corrected chi connectivity index (χ3v) is 8.05. The predicted octanol–water partition coefficient (Wildman–Crippen LogP) is 10.9. The van der Waals surface area contributed by atoms with Gasteiger partial charge in [-0.3, -0.25) is 0 Å². The highest BCUT2D eigenvalue weighted by Gasteiger charge is 2.18. The van der Waals surface area contributed by atoms with Gasteiger partial charge < -0.3 is 0 Å². The summed E-state index contributed by atoms with van der Waals surface area (Å²) < 4.78 is 4.99. The summed E-state index contributed by atoms with van der Waals surface area (Å²) in [7, 11) is 0. The van der Waals surface area contributed by atoms with Gasteiger partial charge in [0.2, 0.25) is 0 Å². The molecule has 0 fully saturated rings. The summed E-state index contributed by atoms with van der Waals surface area (Å²) in [6.45, 7) is 5.77. The number of benzene rings is 1. The van der Waals surface area contributed by atoms with E-state index in [1.807, 2.05) is 0 Å². The van der Waals surface area contributed by atoms with Gasteiger partial charge in [0.25, 0.3) is 5.82 Å². The summed E-state index contributed by atoms with van der Waals surface area (Å²) in [5, 5.41) is 0. The Labute approximate surface area is 231 Å². The Bertz CT molecular complexity index is 748. The molecule has 37 heavy (non-hydrogen) atoms. The number of para-hydroxylation sites is 1. The van der Waals surface area contributed by atoms with E-state index in [1.54, 1.807) is 0 Å². The maximum absolute atomic E-state index is 2.55. The zero-order valence-electron chi connectivity index (χ0n) is 24.9. The summed E-state index contributed by atoms with van der Waals surface area (Å²) in [5.74, 6) is 1.49. The van der Waals surface area contributed by atoms with E-state index in [1.165, 1.54) is 166 Å². The molecule has 2 rings (SSSR count). The molecule has 0 N–H and O–H groups in total. The van der Waals surface area contributed by atoms with E-state index in [4.69, 9.17) is 0 Å². The lowest BCUT2D eigenvalue weighted by Gasteiger charge is -2.07. The molecular formula is C35H61N2+. The molecule has 1 aromatic carbocycles.